The number of aromatic nitrogens is 1. The van der Waals surface area contributed by atoms with E-state index in [1.54, 1.807) is 6.07 Å². The molecule has 140 valence electrons. The molecule has 6 heteroatoms. The molecular formula is C21H21FN2O3. The Morgan fingerprint density at radius 1 is 1.19 bits per heavy atom. The maximum Gasteiger partial charge on any atom is 0.257 e. The van der Waals surface area contributed by atoms with Crippen LogP contribution in [0.1, 0.15) is 16.7 Å². The first-order valence-electron chi connectivity index (χ1n) is 8.70. The molecule has 0 radical (unpaired) electrons. The lowest BCUT2D eigenvalue weighted by atomic mass is 10.0. The van der Waals surface area contributed by atoms with Crippen molar-refractivity contribution in [1.29, 1.82) is 0 Å². The van der Waals surface area contributed by atoms with Crippen molar-refractivity contribution in [3.05, 3.63) is 75.3 Å². The van der Waals surface area contributed by atoms with Crippen LogP contribution in [0.4, 0.5) is 4.39 Å². The van der Waals surface area contributed by atoms with E-state index in [-0.39, 0.29) is 18.1 Å². The number of nitrogens with one attached hydrogen (secondary N) is 2. The molecule has 0 aliphatic rings. The van der Waals surface area contributed by atoms with Crippen molar-refractivity contribution in [3.63, 3.8) is 0 Å². The predicted octanol–water partition coefficient (Wildman–Crippen LogP) is 3.02. The van der Waals surface area contributed by atoms with E-state index in [0.29, 0.717) is 24.3 Å². The molecule has 27 heavy (non-hydrogen) atoms. The van der Waals surface area contributed by atoms with Crippen LogP contribution in [0, 0.1) is 19.7 Å². The van der Waals surface area contributed by atoms with Gasteiger partial charge in [0.05, 0.1) is 0 Å². The van der Waals surface area contributed by atoms with Gasteiger partial charge in [0, 0.05) is 29.1 Å². The maximum absolute atomic E-state index is 13.1. The van der Waals surface area contributed by atoms with Gasteiger partial charge in [0.25, 0.3) is 11.5 Å². The quantitative estimate of drug-likeness (QED) is 0.703. The molecule has 0 spiro atoms. The summed E-state index contributed by atoms with van der Waals surface area (Å²) in [5.74, 6) is -0.459. The zero-order valence-corrected chi connectivity index (χ0v) is 15.3. The molecule has 1 heterocycles. The van der Waals surface area contributed by atoms with Crippen LogP contribution in [0.25, 0.3) is 10.9 Å². The number of carbonyl (C=O) groups excluding carboxylic acids is 1. The average molecular weight is 368 g/mol. The summed E-state index contributed by atoms with van der Waals surface area (Å²) in [4.78, 5) is 27.0. The number of fused-ring (bicyclic) bond motifs is 1. The minimum atomic E-state index is -0.422. The van der Waals surface area contributed by atoms with Crippen LogP contribution >= 0.6 is 0 Å². The molecule has 0 atom stereocenters. The number of rotatable bonds is 6. The number of benzene rings is 2. The Balaban J connectivity index is 1.57. The first kappa shape index (κ1) is 18.6. The molecule has 3 aromatic rings. The number of hydrogen-bond donors (Lipinski definition) is 2. The van der Waals surface area contributed by atoms with Crippen LogP contribution in [0.5, 0.6) is 5.75 Å². The van der Waals surface area contributed by atoms with Gasteiger partial charge in [-0.1, -0.05) is 12.1 Å². The summed E-state index contributed by atoms with van der Waals surface area (Å²) in [7, 11) is 0. The first-order valence-corrected chi connectivity index (χ1v) is 8.70. The Hall–Kier alpha value is -3.15. The van der Waals surface area contributed by atoms with E-state index >= 15 is 0 Å². The first-order chi connectivity index (χ1) is 12.9. The molecule has 0 aliphatic heterocycles. The molecule has 0 aliphatic carbocycles. The molecular weight excluding hydrogens is 347 g/mol. The van der Waals surface area contributed by atoms with Crippen molar-refractivity contribution in [2.24, 2.45) is 0 Å². The number of aromatic amines is 1. The predicted molar refractivity (Wildman–Crippen MR) is 103 cm³/mol. The molecule has 1 aromatic heterocycles. The molecule has 1 amide bonds. The van der Waals surface area contributed by atoms with E-state index in [9.17, 15) is 14.0 Å². The monoisotopic (exact) mass is 368 g/mol. The van der Waals surface area contributed by atoms with E-state index in [1.165, 1.54) is 18.2 Å². The van der Waals surface area contributed by atoms with Gasteiger partial charge in [-0.05, 0) is 55.7 Å². The number of ether oxygens (including phenoxy) is 1. The highest BCUT2D eigenvalue weighted by Gasteiger charge is 2.08. The molecule has 5 nitrogen and oxygen atoms in total. The fourth-order valence-electron chi connectivity index (χ4n) is 3.00. The third-order valence-electron chi connectivity index (χ3n) is 4.27. The number of pyridine rings is 1. The Morgan fingerprint density at radius 3 is 2.78 bits per heavy atom. The van der Waals surface area contributed by atoms with Crippen molar-refractivity contribution >= 4 is 16.8 Å². The normalized spacial score (nSPS) is 10.8. The molecule has 0 bridgehead atoms. The second-order valence-corrected chi connectivity index (χ2v) is 6.51. The number of hydrogen-bond acceptors (Lipinski definition) is 3. The standard InChI is InChI=1S/C21H21FN2O3/c1-13-8-14(2)18-10-15(21(26)24-19(18)9-13)6-7-23-20(25)12-27-17-5-3-4-16(22)11-17/h3-5,8-11H,6-7,12H2,1-2H3,(H,23,25)(H,24,26). The summed E-state index contributed by atoms with van der Waals surface area (Å²) >= 11 is 0. The summed E-state index contributed by atoms with van der Waals surface area (Å²) < 4.78 is 18.3. The highest BCUT2D eigenvalue weighted by atomic mass is 19.1. The second-order valence-electron chi connectivity index (χ2n) is 6.51. The third-order valence-corrected chi connectivity index (χ3v) is 4.27. The van der Waals surface area contributed by atoms with E-state index in [2.05, 4.69) is 16.4 Å². The summed E-state index contributed by atoms with van der Waals surface area (Å²) in [6.45, 7) is 4.09. The third kappa shape index (κ3) is 4.73. The largest absolute Gasteiger partial charge is 0.484 e. The van der Waals surface area contributed by atoms with Crippen molar-refractivity contribution < 1.29 is 13.9 Å². The fourth-order valence-corrected chi connectivity index (χ4v) is 3.00. The molecule has 0 saturated heterocycles. The van der Waals surface area contributed by atoms with Crippen LogP contribution in [-0.2, 0) is 11.2 Å². The summed E-state index contributed by atoms with van der Waals surface area (Å²) in [6, 6.07) is 11.5. The van der Waals surface area contributed by atoms with Crippen molar-refractivity contribution in [2.45, 2.75) is 20.3 Å². The van der Waals surface area contributed by atoms with Gasteiger partial charge in [-0.15, -0.1) is 0 Å². The van der Waals surface area contributed by atoms with E-state index < -0.39 is 5.82 Å². The van der Waals surface area contributed by atoms with Crippen LogP contribution < -0.4 is 15.6 Å². The fraction of sp³-hybridized carbons (Fsp3) is 0.238. The number of H-pyrrole nitrogens is 1. The van der Waals surface area contributed by atoms with Crippen molar-refractivity contribution in [3.8, 4) is 5.75 Å². The summed E-state index contributed by atoms with van der Waals surface area (Å²) in [5, 5.41) is 3.70. The summed E-state index contributed by atoms with van der Waals surface area (Å²) in [6.07, 6.45) is 0.407. The molecule has 0 saturated carbocycles. The van der Waals surface area contributed by atoms with Gasteiger partial charge >= 0.3 is 0 Å². The van der Waals surface area contributed by atoms with Gasteiger partial charge in [0.2, 0.25) is 0 Å². The van der Waals surface area contributed by atoms with E-state index in [1.807, 2.05) is 26.0 Å². The molecule has 0 unspecified atom stereocenters. The number of halogens is 1. The lowest BCUT2D eigenvalue weighted by Gasteiger charge is -2.09. The zero-order valence-electron chi connectivity index (χ0n) is 15.3. The lowest BCUT2D eigenvalue weighted by molar-refractivity contribution is -0.123. The minimum Gasteiger partial charge on any atom is -0.484 e. The van der Waals surface area contributed by atoms with Crippen molar-refractivity contribution in [2.75, 3.05) is 13.2 Å². The Kier molecular flexibility index (Phi) is 5.54. The SMILES string of the molecule is Cc1cc(C)c2cc(CCNC(=O)COc3cccc(F)c3)c(=O)[nH]c2c1. The van der Waals surface area contributed by atoms with Gasteiger partial charge < -0.3 is 15.0 Å². The number of carbonyl (C=O) groups is 1. The number of amides is 1. The Labute approximate surface area is 156 Å². The van der Waals surface area contributed by atoms with Gasteiger partial charge in [-0.25, -0.2) is 4.39 Å². The Morgan fingerprint density at radius 2 is 2.00 bits per heavy atom. The highest BCUT2D eigenvalue weighted by Crippen LogP contribution is 2.18. The maximum atomic E-state index is 13.1. The van der Waals surface area contributed by atoms with E-state index in [0.717, 1.165) is 22.0 Å². The summed E-state index contributed by atoms with van der Waals surface area (Å²) in [5.41, 5.74) is 3.45. The average Bonchev–Trinajstić information content (AvgIpc) is 2.61. The van der Waals surface area contributed by atoms with Gasteiger partial charge in [-0.2, -0.15) is 0 Å². The lowest BCUT2D eigenvalue weighted by Crippen LogP contribution is -2.31. The topological polar surface area (TPSA) is 71.2 Å². The number of aryl methyl sites for hydroxylation is 2. The van der Waals surface area contributed by atoms with Crippen LogP contribution in [0.15, 0.2) is 47.3 Å². The zero-order chi connectivity index (χ0) is 19.4. The van der Waals surface area contributed by atoms with Gasteiger partial charge in [0.1, 0.15) is 11.6 Å². The molecule has 3 rings (SSSR count). The van der Waals surface area contributed by atoms with Crippen molar-refractivity contribution in [1.82, 2.24) is 10.3 Å². The van der Waals surface area contributed by atoms with Gasteiger partial charge in [-0.3, -0.25) is 9.59 Å². The van der Waals surface area contributed by atoms with E-state index in [4.69, 9.17) is 4.74 Å². The van der Waals surface area contributed by atoms with Crippen LogP contribution in [0.2, 0.25) is 0 Å². The molecule has 2 aromatic carbocycles. The van der Waals surface area contributed by atoms with Crippen LogP contribution in [0.3, 0.4) is 0 Å². The minimum absolute atomic E-state index is 0.155. The Bertz CT molecular complexity index is 1040. The second kappa shape index (κ2) is 8.03. The molecule has 2 N–H and O–H groups in total. The van der Waals surface area contributed by atoms with Gasteiger partial charge in [0.15, 0.2) is 6.61 Å². The van der Waals surface area contributed by atoms with Crippen LogP contribution in [-0.4, -0.2) is 24.0 Å². The molecule has 0 fully saturated rings. The smallest absolute Gasteiger partial charge is 0.257 e. The highest BCUT2D eigenvalue weighted by molar-refractivity contribution is 5.83.